The Morgan fingerprint density at radius 2 is 1.71 bits per heavy atom. The van der Waals surface area contributed by atoms with E-state index in [9.17, 15) is 0 Å². The zero-order valence-corrected chi connectivity index (χ0v) is 5.61. The van der Waals surface area contributed by atoms with Crippen molar-refractivity contribution in [1.29, 1.82) is 0 Å². The van der Waals surface area contributed by atoms with Gasteiger partial charge < -0.3 is 0 Å². The first-order chi connectivity index (χ1) is 3.18. The van der Waals surface area contributed by atoms with E-state index in [0.29, 0.717) is 0 Å². The molecule has 1 radical (unpaired) electrons. The van der Waals surface area contributed by atoms with Crippen LogP contribution < -0.4 is 0 Å². The Morgan fingerprint density at radius 3 is 1.71 bits per heavy atom. The zero-order chi connectivity index (χ0) is 5.86. The SMILES string of the molecule is C=[C]C(Cl)=C(Cl)Cl. The molecule has 39 valence electrons. The fourth-order valence-corrected chi connectivity index (χ4v) is 0.200. The third kappa shape index (κ3) is 2.98. The average molecular weight is 156 g/mol. The molecule has 0 aromatic rings. The average Bonchev–Trinajstić information content (AvgIpc) is 1.65. The van der Waals surface area contributed by atoms with Gasteiger partial charge in [0, 0.05) is 0 Å². The molecule has 0 aromatic carbocycles. The number of rotatable bonds is 1. The van der Waals surface area contributed by atoms with Gasteiger partial charge in [-0.05, 0) is 6.08 Å². The molecule has 0 unspecified atom stereocenters. The van der Waals surface area contributed by atoms with Gasteiger partial charge in [-0.2, -0.15) is 0 Å². The van der Waals surface area contributed by atoms with Crippen LogP contribution in [0.5, 0.6) is 0 Å². The van der Waals surface area contributed by atoms with Crippen molar-refractivity contribution < 1.29 is 0 Å². The summed E-state index contributed by atoms with van der Waals surface area (Å²) in [6, 6.07) is 0. The molecule has 0 aliphatic rings. The summed E-state index contributed by atoms with van der Waals surface area (Å²) in [5, 5.41) is 0.156. The topological polar surface area (TPSA) is 0 Å². The van der Waals surface area contributed by atoms with Gasteiger partial charge in [-0.25, -0.2) is 0 Å². The Balaban J connectivity index is 3.98. The maximum absolute atomic E-state index is 5.24. The molecule has 0 saturated heterocycles. The minimum atomic E-state index is -0.00309. The van der Waals surface area contributed by atoms with Crippen molar-refractivity contribution in [3.05, 3.63) is 22.2 Å². The molecular formula is C4H2Cl3. The first-order valence-electron chi connectivity index (χ1n) is 1.42. The van der Waals surface area contributed by atoms with Gasteiger partial charge >= 0.3 is 0 Å². The van der Waals surface area contributed by atoms with Crippen molar-refractivity contribution in [2.24, 2.45) is 0 Å². The van der Waals surface area contributed by atoms with Crippen LogP contribution in [0.1, 0.15) is 0 Å². The van der Waals surface area contributed by atoms with Crippen molar-refractivity contribution in [3.63, 3.8) is 0 Å². The molecule has 0 heterocycles. The molecule has 0 spiro atoms. The van der Waals surface area contributed by atoms with Crippen LogP contribution in [0.2, 0.25) is 0 Å². The van der Waals surface area contributed by atoms with Crippen molar-refractivity contribution in [3.8, 4) is 0 Å². The Bertz CT molecular complexity index is 99.5. The molecule has 7 heavy (non-hydrogen) atoms. The predicted octanol–water partition coefficient (Wildman–Crippen LogP) is 2.86. The maximum atomic E-state index is 5.24. The van der Waals surface area contributed by atoms with Crippen molar-refractivity contribution in [1.82, 2.24) is 0 Å². The lowest BCUT2D eigenvalue weighted by Gasteiger charge is -1.80. The van der Waals surface area contributed by atoms with E-state index in [4.69, 9.17) is 34.8 Å². The summed E-state index contributed by atoms with van der Waals surface area (Å²) < 4.78 is -0.00309. The summed E-state index contributed by atoms with van der Waals surface area (Å²) in [5.74, 6) is 0. The highest BCUT2D eigenvalue weighted by atomic mass is 35.5. The molecule has 0 rings (SSSR count). The summed E-state index contributed by atoms with van der Waals surface area (Å²) in [7, 11) is 0. The van der Waals surface area contributed by atoms with Crippen LogP contribution >= 0.6 is 34.8 Å². The quantitative estimate of drug-likeness (QED) is 0.512. The summed E-state index contributed by atoms with van der Waals surface area (Å²) in [4.78, 5) is 0. The second-order valence-electron chi connectivity index (χ2n) is 0.751. The number of hydrogen-bond donors (Lipinski definition) is 0. The summed E-state index contributed by atoms with van der Waals surface area (Å²) >= 11 is 15.5. The van der Waals surface area contributed by atoms with E-state index >= 15 is 0 Å². The van der Waals surface area contributed by atoms with Crippen LogP contribution in [0, 0.1) is 6.08 Å². The molecule has 0 nitrogen and oxygen atoms in total. The first kappa shape index (κ1) is 7.35. The smallest absolute Gasteiger partial charge is 0.0895 e. The number of hydrogen-bond acceptors (Lipinski definition) is 0. The van der Waals surface area contributed by atoms with Crippen LogP contribution in [-0.2, 0) is 0 Å². The third-order valence-corrected chi connectivity index (χ3v) is 1.22. The van der Waals surface area contributed by atoms with E-state index in [-0.39, 0.29) is 9.52 Å². The van der Waals surface area contributed by atoms with Crippen molar-refractivity contribution in [2.75, 3.05) is 0 Å². The molecule has 0 aliphatic carbocycles. The normalized spacial score (nSPS) is 7.86. The molecule has 0 N–H and O–H groups in total. The molecule has 0 atom stereocenters. The zero-order valence-electron chi connectivity index (χ0n) is 3.34. The van der Waals surface area contributed by atoms with Gasteiger partial charge in [0.2, 0.25) is 0 Å². The van der Waals surface area contributed by atoms with Crippen LogP contribution in [0.3, 0.4) is 0 Å². The van der Waals surface area contributed by atoms with Crippen LogP contribution in [0.25, 0.3) is 0 Å². The fourth-order valence-electron chi connectivity index (χ4n) is 0.0668. The van der Waals surface area contributed by atoms with E-state index in [0.717, 1.165) is 0 Å². The second kappa shape index (κ2) is 3.36. The lowest BCUT2D eigenvalue weighted by Crippen LogP contribution is -1.59. The van der Waals surface area contributed by atoms with Gasteiger partial charge in [-0.15, -0.1) is 0 Å². The Hall–Kier alpha value is 0.350. The van der Waals surface area contributed by atoms with E-state index in [1.54, 1.807) is 0 Å². The van der Waals surface area contributed by atoms with Crippen LogP contribution in [-0.4, -0.2) is 0 Å². The van der Waals surface area contributed by atoms with Crippen LogP contribution in [0.4, 0.5) is 0 Å². The Labute approximate surface area is 57.4 Å². The van der Waals surface area contributed by atoms with E-state index in [1.165, 1.54) is 0 Å². The lowest BCUT2D eigenvalue weighted by atomic mass is 10.6. The second-order valence-corrected chi connectivity index (χ2v) is 2.08. The summed E-state index contributed by atoms with van der Waals surface area (Å²) in [6.45, 7) is 3.20. The number of halogens is 3. The minimum absolute atomic E-state index is 0.00309. The van der Waals surface area contributed by atoms with E-state index in [2.05, 4.69) is 12.7 Å². The van der Waals surface area contributed by atoms with Crippen LogP contribution in [0.15, 0.2) is 16.1 Å². The summed E-state index contributed by atoms with van der Waals surface area (Å²) in [6.07, 6.45) is 2.30. The maximum Gasteiger partial charge on any atom is 0.126 e. The van der Waals surface area contributed by atoms with Crippen molar-refractivity contribution >= 4 is 34.8 Å². The Morgan fingerprint density at radius 1 is 1.29 bits per heavy atom. The molecular weight excluding hydrogens is 154 g/mol. The van der Waals surface area contributed by atoms with Gasteiger partial charge in [0.1, 0.15) is 4.49 Å². The summed E-state index contributed by atoms with van der Waals surface area (Å²) in [5.41, 5.74) is 0. The highest BCUT2D eigenvalue weighted by Crippen LogP contribution is 2.16. The molecule has 0 fully saturated rings. The minimum Gasteiger partial charge on any atom is -0.0895 e. The standard InChI is InChI=1S/C4H2Cl3/c1-2-3(5)4(6)7/h1H2. The first-order valence-corrected chi connectivity index (χ1v) is 2.55. The number of allylic oxidation sites excluding steroid dienone is 2. The third-order valence-electron chi connectivity index (χ3n) is 0.321. The molecule has 0 bridgehead atoms. The van der Waals surface area contributed by atoms with Gasteiger partial charge in [0.05, 0.1) is 5.03 Å². The molecule has 0 saturated carbocycles. The lowest BCUT2D eigenvalue weighted by molar-refractivity contribution is 1.88. The van der Waals surface area contributed by atoms with Crippen molar-refractivity contribution in [2.45, 2.75) is 0 Å². The van der Waals surface area contributed by atoms with Gasteiger partial charge in [-0.3, -0.25) is 0 Å². The van der Waals surface area contributed by atoms with E-state index < -0.39 is 0 Å². The highest BCUT2D eigenvalue weighted by Gasteiger charge is 1.89. The van der Waals surface area contributed by atoms with Gasteiger partial charge in [-0.1, -0.05) is 41.4 Å². The largest absolute Gasteiger partial charge is 0.126 e. The Kier molecular flexibility index (Phi) is 3.53. The monoisotopic (exact) mass is 155 g/mol. The molecule has 0 amide bonds. The van der Waals surface area contributed by atoms with Gasteiger partial charge in [0.15, 0.2) is 0 Å². The molecule has 0 aromatic heterocycles. The molecule has 3 heteroatoms. The van der Waals surface area contributed by atoms with Gasteiger partial charge in [0.25, 0.3) is 0 Å². The fraction of sp³-hybridized carbons (Fsp3) is 0. The predicted molar refractivity (Wildman–Crippen MR) is 33.5 cm³/mol. The molecule has 0 aliphatic heterocycles. The highest BCUT2D eigenvalue weighted by molar-refractivity contribution is 6.59. The van der Waals surface area contributed by atoms with E-state index in [1.807, 2.05) is 0 Å².